The third-order valence-electron chi connectivity index (χ3n) is 1.67. The monoisotopic (exact) mass is 170 g/mol. The van der Waals surface area contributed by atoms with Crippen molar-refractivity contribution in [1.82, 2.24) is 10.6 Å². The van der Waals surface area contributed by atoms with E-state index in [-0.39, 0.29) is 0 Å². The normalized spacial score (nSPS) is 10.6. The highest BCUT2D eigenvalue weighted by atomic mass is 15.0. The van der Waals surface area contributed by atoms with Gasteiger partial charge in [0, 0.05) is 13.2 Å². The predicted octanol–water partition coefficient (Wildman–Crippen LogP) is 1.75. The molecule has 12 heavy (non-hydrogen) atoms. The molecule has 0 amide bonds. The van der Waals surface area contributed by atoms with Crippen LogP contribution >= 0.6 is 0 Å². The molecule has 0 spiro atoms. The second-order valence-corrected chi connectivity index (χ2v) is 3.46. The summed E-state index contributed by atoms with van der Waals surface area (Å²) in [6, 6.07) is 0. The zero-order chi connectivity index (χ0) is 9.23. The minimum Gasteiger partial charge on any atom is -0.304 e. The van der Waals surface area contributed by atoms with Crippen molar-refractivity contribution >= 4 is 0 Å². The van der Waals surface area contributed by atoms with Crippen molar-refractivity contribution < 1.29 is 0 Å². The second-order valence-electron chi connectivity index (χ2n) is 3.46. The maximum absolute atomic E-state index is 3.63. The molecule has 72 valence electrons. The lowest BCUT2D eigenvalue weighted by Gasteiger charge is -2.06. The molecule has 0 aromatic carbocycles. The molecule has 2 nitrogen and oxygen atoms in total. The highest BCUT2D eigenvalue weighted by molar-refractivity contribution is 4.68. The van der Waals surface area contributed by atoms with Gasteiger partial charge in [-0.2, -0.15) is 0 Å². The first kappa shape index (κ1) is 11.7. The van der Waals surface area contributed by atoms with Crippen molar-refractivity contribution in [3.05, 3.63) is 12.7 Å². The van der Waals surface area contributed by atoms with E-state index >= 15 is 0 Å². The van der Waals surface area contributed by atoms with Gasteiger partial charge in [-0.05, 0) is 25.3 Å². The number of nitrogens with one attached hydrogen (secondary N) is 2. The second kappa shape index (κ2) is 8.75. The molecule has 2 N–H and O–H groups in total. The summed E-state index contributed by atoms with van der Waals surface area (Å²) in [5.74, 6) is 0.827. The third-order valence-corrected chi connectivity index (χ3v) is 1.67. The Morgan fingerprint density at radius 3 is 2.67 bits per heavy atom. The van der Waals surface area contributed by atoms with E-state index < -0.39 is 0 Å². The van der Waals surface area contributed by atoms with Gasteiger partial charge in [-0.15, -0.1) is 6.58 Å². The third kappa shape index (κ3) is 9.66. The zero-order valence-electron chi connectivity index (χ0n) is 8.40. The molecular formula is C10H22N2. The van der Waals surface area contributed by atoms with Crippen LogP contribution in [0, 0.1) is 5.92 Å². The van der Waals surface area contributed by atoms with Crippen molar-refractivity contribution in [2.45, 2.75) is 26.7 Å². The van der Waals surface area contributed by atoms with E-state index in [9.17, 15) is 0 Å². The summed E-state index contributed by atoms with van der Waals surface area (Å²) in [4.78, 5) is 0. The minimum absolute atomic E-state index is 0.827. The summed E-state index contributed by atoms with van der Waals surface area (Å²) in [6.45, 7) is 11.0. The van der Waals surface area contributed by atoms with Gasteiger partial charge >= 0.3 is 0 Å². The quantitative estimate of drug-likeness (QED) is 0.329. The van der Waals surface area contributed by atoms with Gasteiger partial charge in [0.2, 0.25) is 0 Å². The number of hydrogen-bond donors (Lipinski definition) is 2. The molecule has 0 rings (SSSR count). The van der Waals surface area contributed by atoms with E-state index in [0.29, 0.717) is 0 Å². The van der Waals surface area contributed by atoms with Gasteiger partial charge in [0.15, 0.2) is 0 Å². The summed E-state index contributed by atoms with van der Waals surface area (Å²) in [5.41, 5.74) is 0. The van der Waals surface area contributed by atoms with Crippen molar-refractivity contribution in [2.75, 3.05) is 19.8 Å². The Morgan fingerprint density at radius 1 is 1.33 bits per heavy atom. The fraction of sp³-hybridized carbons (Fsp3) is 0.800. The molecule has 0 saturated heterocycles. The Bertz CT molecular complexity index is 100. The van der Waals surface area contributed by atoms with Crippen LogP contribution in [-0.4, -0.2) is 19.8 Å². The molecule has 0 bridgehead atoms. The maximum atomic E-state index is 3.63. The lowest BCUT2D eigenvalue weighted by atomic mass is 10.1. The highest BCUT2D eigenvalue weighted by Gasteiger charge is 1.92. The Morgan fingerprint density at radius 2 is 2.08 bits per heavy atom. The Kier molecular flexibility index (Phi) is 8.51. The van der Waals surface area contributed by atoms with Crippen LogP contribution in [0.4, 0.5) is 0 Å². The summed E-state index contributed by atoms with van der Waals surface area (Å²) in [5, 5.41) is 6.51. The van der Waals surface area contributed by atoms with Crippen molar-refractivity contribution in [3.8, 4) is 0 Å². The van der Waals surface area contributed by atoms with E-state index in [0.717, 1.165) is 25.7 Å². The molecule has 0 aliphatic carbocycles. The molecule has 0 heterocycles. The number of hydrogen-bond acceptors (Lipinski definition) is 2. The van der Waals surface area contributed by atoms with Gasteiger partial charge in [-0.1, -0.05) is 19.9 Å². The fourth-order valence-electron chi connectivity index (χ4n) is 0.986. The molecule has 0 atom stereocenters. The van der Waals surface area contributed by atoms with Crippen LogP contribution in [0.2, 0.25) is 0 Å². The SMILES string of the molecule is C=CCNCNCCCC(C)C. The number of rotatable bonds is 8. The van der Waals surface area contributed by atoms with Crippen LogP contribution in [0.3, 0.4) is 0 Å². The van der Waals surface area contributed by atoms with E-state index in [1.807, 2.05) is 6.08 Å². The molecule has 0 unspecified atom stereocenters. The first-order valence-corrected chi connectivity index (χ1v) is 4.79. The van der Waals surface area contributed by atoms with Crippen LogP contribution < -0.4 is 10.6 Å². The lowest BCUT2D eigenvalue weighted by molar-refractivity contribution is 0.515. The van der Waals surface area contributed by atoms with Gasteiger partial charge in [-0.25, -0.2) is 0 Å². The van der Waals surface area contributed by atoms with Crippen LogP contribution in [-0.2, 0) is 0 Å². The first-order valence-electron chi connectivity index (χ1n) is 4.79. The molecule has 0 aromatic heterocycles. The molecule has 2 heteroatoms. The molecular weight excluding hydrogens is 148 g/mol. The minimum atomic E-state index is 0.827. The Labute approximate surface area is 76.4 Å². The zero-order valence-corrected chi connectivity index (χ0v) is 8.40. The Balaban J connectivity index is 2.86. The average Bonchev–Trinajstić information content (AvgIpc) is 2.02. The van der Waals surface area contributed by atoms with E-state index in [4.69, 9.17) is 0 Å². The van der Waals surface area contributed by atoms with E-state index in [2.05, 4.69) is 31.1 Å². The molecule has 0 radical (unpaired) electrons. The van der Waals surface area contributed by atoms with Gasteiger partial charge < -0.3 is 10.6 Å². The summed E-state index contributed by atoms with van der Waals surface area (Å²) >= 11 is 0. The highest BCUT2D eigenvalue weighted by Crippen LogP contribution is 2.01. The molecule has 0 aromatic rings. The predicted molar refractivity (Wildman–Crippen MR) is 55.1 cm³/mol. The van der Waals surface area contributed by atoms with Crippen molar-refractivity contribution in [2.24, 2.45) is 5.92 Å². The van der Waals surface area contributed by atoms with Gasteiger partial charge in [-0.3, -0.25) is 0 Å². The first-order chi connectivity index (χ1) is 5.77. The van der Waals surface area contributed by atoms with E-state index in [1.165, 1.54) is 12.8 Å². The largest absolute Gasteiger partial charge is 0.304 e. The lowest BCUT2D eigenvalue weighted by Crippen LogP contribution is -2.29. The fourth-order valence-corrected chi connectivity index (χ4v) is 0.986. The summed E-state index contributed by atoms with van der Waals surface area (Å²) < 4.78 is 0. The van der Waals surface area contributed by atoms with Gasteiger partial charge in [0.1, 0.15) is 0 Å². The smallest absolute Gasteiger partial charge is 0.0456 e. The molecule has 0 aliphatic rings. The Hall–Kier alpha value is -0.340. The van der Waals surface area contributed by atoms with E-state index in [1.54, 1.807) is 0 Å². The average molecular weight is 170 g/mol. The van der Waals surface area contributed by atoms with Crippen molar-refractivity contribution in [1.29, 1.82) is 0 Å². The van der Waals surface area contributed by atoms with Crippen LogP contribution in [0.5, 0.6) is 0 Å². The van der Waals surface area contributed by atoms with Gasteiger partial charge in [0.05, 0.1) is 0 Å². The molecule has 0 aliphatic heterocycles. The van der Waals surface area contributed by atoms with Crippen LogP contribution in [0.25, 0.3) is 0 Å². The summed E-state index contributed by atoms with van der Waals surface area (Å²) in [6.07, 6.45) is 4.46. The van der Waals surface area contributed by atoms with Crippen molar-refractivity contribution in [3.63, 3.8) is 0 Å². The van der Waals surface area contributed by atoms with Gasteiger partial charge in [0.25, 0.3) is 0 Å². The molecule has 0 fully saturated rings. The van der Waals surface area contributed by atoms with Crippen LogP contribution in [0.1, 0.15) is 26.7 Å². The molecule has 0 saturated carbocycles. The maximum Gasteiger partial charge on any atom is 0.0456 e. The standard InChI is InChI=1S/C10H22N2/c1-4-7-11-9-12-8-5-6-10(2)3/h4,10-12H,1,5-9H2,2-3H3. The summed E-state index contributed by atoms with van der Waals surface area (Å²) in [7, 11) is 0. The topological polar surface area (TPSA) is 24.1 Å². The van der Waals surface area contributed by atoms with Crippen LogP contribution in [0.15, 0.2) is 12.7 Å².